The largest absolute Gasteiger partial charge is 0.484 e. The highest BCUT2D eigenvalue weighted by Crippen LogP contribution is 2.37. The van der Waals surface area contributed by atoms with Crippen molar-refractivity contribution in [1.82, 2.24) is 4.90 Å². The molecule has 0 saturated heterocycles. The first-order chi connectivity index (χ1) is 14.5. The number of nitrogens with one attached hydrogen (secondary N) is 1. The summed E-state index contributed by atoms with van der Waals surface area (Å²) in [5, 5.41) is 5.53. The van der Waals surface area contributed by atoms with Gasteiger partial charge in [-0.2, -0.15) is 0 Å². The zero-order valence-electron chi connectivity index (χ0n) is 17.3. The van der Waals surface area contributed by atoms with Gasteiger partial charge in [0.05, 0.1) is 5.56 Å². The van der Waals surface area contributed by atoms with Crippen molar-refractivity contribution in [1.29, 1.82) is 0 Å². The number of benzene rings is 2. The van der Waals surface area contributed by atoms with Gasteiger partial charge in [0.15, 0.2) is 6.61 Å². The first-order valence-corrected chi connectivity index (χ1v) is 10.9. The number of nitrogens with zero attached hydrogens (tertiary/aromatic N) is 1. The molecule has 2 heterocycles. The molecule has 0 atom stereocenters. The van der Waals surface area contributed by atoms with Crippen LogP contribution in [0.4, 0.5) is 5.00 Å². The average molecular weight is 460 g/mol. The fourth-order valence-corrected chi connectivity index (χ4v) is 5.19. The molecule has 1 aliphatic rings. The Kier molecular flexibility index (Phi) is 7.54. The quantitative estimate of drug-likeness (QED) is 0.554. The Labute approximate surface area is 191 Å². The number of carbonyl (C=O) groups excluding carboxylic acids is 2. The molecule has 2 amide bonds. The second-order valence-electron chi connectivity index (χ2n) is 7.44. The minimum atomic E-state index is -0.498. The number of carbonyl (C=O) groups is 2. The fraction of sp³-hybridized carbons (Fsp3) is 0.304. The smallest absolute Gasteiger partial charge is 0.262 e. The molecule has 31 heavy (non-hydrogen) atoms. The number of ether oxygens (including phenoxy) is 1. The maximum absolute atomic E-state index is 12.5. The Morgan fingerprint density at radius 3 is 2.71 bits per heavy atom. The van der Waals surface area contributed by atoms with Crippen LogP contribution in [-0.4, -0.2) is 36.4 Å². The summed E-state index contributed by atoms with van der Waals surface area (Å²) in [7, 11) is 0. The van der Waals surface area contributed by atoms with Crippen molar-refractivity contribution in [2.45, 2.75) is 26.3 Å². The molecule has 8 heteroatoms. The van der Waals surface area contributed by atoms with Crippen molar-refractivity contribution < 1.29 is 14.3 Å². The van der Waals surface area contributed by atoms with Crippen LogP contribution >= 0.6 is 23.7 Å². The number of amides is 2. The number of nitrogens with two attached hydrogens (primary N) is 1. The van der Waals surface area contributed by atoms with E-state index in [2.05, 4.69) is 17.1 Å². The highest BCUT2D eigenvalue weighted by atomic mass is 35.5. The van der Waals surface area contributed by atoms with Crippen molar-refractivity contribution in [3.8, 4) is 5.75 Å². The summed E-state index contributed by atoms with van der Waals surface area (Å²) in [4.78, 5) is 28.1. The maximum Gasteiger partial charge on any atom is 0.262 e. The zero-order valence-corrected chi connectivity index (χ0v) is 19.0. The van der Waals surface area contributed by atoms with Crippen molar-refractivity contribution in [2.24, 2.45) is 5.73 Å². The van der Waals surface area contributed by atoms with E-state index in [-0.39, 0.29) is 24.9 Å². The Balaban J connectivity index is 0.00000272. The molecular formula is C23H26ClN3O3S. The number of halogens is 1. The third kappa shape index (κ3) is 5.18. The standard InChI is InChI=1S/C23H25N3O3S.ClH/c1-2-10-26-11-9-18-19(13-26)30-23(21(18)22(24)28)25-20(27)14-29-17-8-7-15-5-3-4-6-16(15)12-17;/h3-8,12H,2,9-11,13-14H2,1H3,(H2,24,28)(H,25,27);1H. The van der Waals surface area contributed by atoms with Crippen LogP contribution in [0.15, 0.2) is 42.5 Å². The van der Waals surface area contributed by atoms with E-state index in [9.17, 15) is 9.59 Å². The monoisotopic (exact) mass is 459 g/mol. The van der Waals surface area contributed by atoms with E-state index in [1.165, 1.54) is 11.3 Å². The van der Waals surface area contributed by atoms with Gasteiger partial charge in [0.1, 0.15) is 10.8 Å². The minimum Gasteiger partial charge on any atom is -0.484 e. The molecule has 0 spiro atoms. The van der Waals surface area contributed by atoms with Crippen LogP contribution in [-0.2, 0) is 17.8 Å². The second kappa shape index (κ2) is 10.1. The second-order valence-corrected chi connectivity index (χ2v) is 8.55. The lowest BCUT2D eigenvalue weighted by Crippen LogP contribution is -2.31. The normalized spacial score (nSPS) is 13.3. The van der Waals surface area contributed by atoms with Crippen LogP contribution in [0.1, 0.15) is 34.1 Å². The lowest BCUT2D eigenvalue weighted by molar-refractivity contribution is -0.118. The number of fused-ring (bicyclic) bond motifs is 2. The van der Waals surface area contributed by atoms with E-state index in [0.29, 0.717) is 16.3 Å². The lowest BCUT2D eigenvalue weighted by atomic mass is 10.0. The van der Waals surface area contributed by atoms with Gasteiger partial charge in [0.25, 0.3) is 11.8 Å². The van der Waals surface area contributed by atoms with E-state index in [0.717, 1.165) is 53.7 Å². The summed E-state index contributed by atoms with van der Waals surface area (Å²) < 4.78 is 5.67. The zero-order chi connectivity index (χ0) is 21.1. The molecule has 1 aliphatic heterocycles. The van der Waals surface area contributed by atoms with E-state index in [1.54, 1.807) is 0 Å². The van der Waals surface area contributed by atoms with E-state index in [1.807, 2.05) is 42.5 Å². The Bertz CT molecular complexity index is 1100. The van der Waals surface area contributed by atoms with Crippen LogP contribution in [0.5, 0.6) is 5.75 Å². The van der Waals surface area contributed by atoms with Crippen LogP contribution in [0.25, 0.3) is 10.8 Å². The van der Waals surface area contributed by atoms with E-state index >= 15 is 0 Å². The molecule has 3 aromatic rings. The molecule has 3 N–H and O–H groups in total. The first kappa shape index (κ1) is 23.1. The number of thiophene rings is 1. The van der Waals surface area contributed by atoms with Gasteiger partial charge in [-0.05, 0) is 47.9 Å². The van der Waals surface area contributed by atoms with E-state index in [4.69, 9.17) is 10.5 Å². The molecule has 0 unspecified atom stereocenters. The van der Waals surface area contributed by atoms with Crippen molar-refractivity contribution in [2.75, 3.05) is 25.0 Å². The molecule has 0 fully saturated rings. The van der Waals surface area contributed by atoms with Gasteiger partial charge >= 0.3 is 0 Å². The third-order valence-corrected chi connectivity index (χ3v) is 6.40. The van der Waals surface area contributed by atoms with E-state index < -0.39 is 5.91 Å². The molecule has 0 aliphatic carbocycles. The van der Waals surface area contributed by atoms with Crippen LogP contribution in [0.2, 0.25) is 0 Å². The predicted molar refractivity (Wildman–Crippen MR) is 127 cm³/mol. The summed E-state index contributed by atoms with van der Waals surface area (Å²) in [6, 6.07) is 13.7. The number of hydrogen-bond acceptors (Lipinski definition) is 5. The Morgan fingerprint density at radius 2 is 1.97 bits per heavy atom. The average Bonchev–Trinajstić information content (AvgIpc) is 3.09. The third-order valence-electron chi connectivity index (χ3n) is 5.27. The van der Waals surface area contributed by atoms with Crippen molar-refractivity contribution in [3.63, 3.8) is 0 Å². The summed E-state index contributed by atoms with van der Waals surface area (Å²) in [5.74, 6) is -0.184. The molecule has 164 valence electrons. The molecule has 4 rings (SSSR count). The molecule has 0 bridgehead atoms. The topological polar surface area (TPSA) is 84.7 Å². The van der Waals surface area contributed by atoms with Gasteiger partial charge < -0.3 is 15.8 Å². The summed E-state index contributed by atoms with van der Waals surface area (Å²) in [5.41, 5.74) is 7.07. The Morgan fingerprint density at radius 1 is 1.19 bits per heavy atom. The molecule has 0 saturated carbocycles. The summed E-state index contributed by atoms with van der Waals surface area (Å²) in [6.07, 6.45) is 1.85. The van der Waals surface area contributed by atoms with Gasteiger partial charge in [-0.3, -0.25) is 14.5 Å². The maximum atomic E-state index is 12.5. The number of rotatable bonds is 7. The molecule has 6 nitrogen and oxygen atoms in total. The highest BCUT2D eigenvalue weighted by molar-refractivity contribution is 7.17. The fourth-order valence-electron chi connectivity index (χ4n) is 3.88. The van der Waals surface area contributed by atoms with Gasteiger partial charge in [-0.15, -0.1) is 23.7 Å². The van der Waals surface area contributed by atoms with Crippen LogP contribution < -0.4 is 15.8 Å². The highest BCUT2D eigenvalue weighted by Gasteiger charge is 2.27. The number of anilines is 1. The summed E-state index contributed by atoms with van der Waals surface area (Å²) >= 11 is 1.44. The minimum absolute atomic E-state index is 0. The van der Waals surface area contributed by atoms with Gasteiger partial charge in [0.2, 0.25) is 0 Å². The van der Waals surface area contributed by atoms with Crippen LogP contribution in [0.3, 0.4) is 0 Å². The molecular weight excluding hydrogens is 434 g/mol. The predicted octanol–water partition coefficient (Wildman–Crippen LogP) is 4.21. The lowest BCUT2D eigenvalue weighted by Gasteiger charge is -2.26. The van der Waals surface area contributed by atoms with Gasteiger partial charge in [-0.25, -0.2) is 0 Å². The SMILES string of the molecule is CCCN1CCc2c(sc(NC(=O)COc3ccc4ccccc4c3)c2C(N)=O)C1.Cl. The van der Waals surface area contributed by atoms with Crippen LogP contribution in [0, 0.1) is 0 Å². The number of hydrogen-bond donors (Lipinski definition) is 2. The summed E-state index contributed by atoms with van der Waals surface area (Å²) in [6.45, 7) is 4.72. The first-order valence-electron chi connectivity index (χ1n) is 10.1. The molecule has 0 radical (unpaired) electrons. The van der Waals surface area contributed by atoms with Gasteiger partial charge in [0, 0.05) is 18.0 Å². The Hall–Kier alpha value is -2.61. The van der Waals surface area contributed by atoms with Crippen molar-refractivity contribution >= 4 is 51.3 Å². The molecule has 1 aromatic heterocycles. The van der Waals surface area contributed by atoms with Crippen molar-refractivity contribution in [3.05, 3.63) is 58.5 Å². The van der Waals surface area contributed by atoms with Gasteiger partial charge in [-0.1, -0.05) is 37.3 Å². The molecule has 2 aromatic carbocycles. The number of primary amides is 1.